The fourth-order valence-electron chi connectivity index (χ4n) is 3.06. The van der Waals surface area contributed by atoms with Crippen molar-refractivity contribution in [1.29, 1.82) is 0 Å². The Hall–Kier alpha value is -1.85. The molecule has 0 fully saturated rings. The molecule has 5 nitrogen and oxygen atoms in total. The maximum Gasteiger partial charge on any atom is 0.258 e. The summed E-state index contributed by atoms with van der Waals surface area (Å²) in [5.74, 6) is -0.116. The molecule has 1 aromatic rings. The van der Waals surface area contributed by atoms with Gasteiger partial charge in [0.1, 0.15) is 5.76 Å². The number of nitrogens with zero attached hydrogens (tertiary/aromatic N) is 1. The maximum atomic E-state index is 13.0. The lowest BCUT2D eigenvalue weighted by molar-refractivity contribution is -0.146. The molecule has 1 heterocycles. The zero-order valence-electron chi connectivity index (χ0n) is 14.6. The van der Waals surface area contributed by atoms with Gasteiger partial charge in [-0.1, -0.05) is 18.2 Å². The van der Waals surface area contributed by atoms with Gasteiger partial charge in [0.15, 0.2) is 6.29 Å². The van der Waals surface area contributed by atoms with Crippen LogP contribution in [0.4, 0.5) is 0 Å². The van der Waals surface area contributed by atoms with Crippen molar-refractivity contribution in [3.63, 3.8) is 0 Å². The molecule has 0 aliphatic carbocycles. The van der Waals surface area contributed by atoms with Crippen LogP contribution in [-0.2, 0) is 14.3 Å². The number of hydrogen-bond acceptors (Lipinski definition) is 4. The fraction of sp³-hybridized carbons (Fsp3) is 0.500. The number of carbonyl (C=O) groups excluding carboxylic acids is 1. The lowest BCUT2D eigenvalue weighted by Crippen LogP contribution is -2.48. The second kappa shape index (κ2) is 6.34. The van der Waals surface area contributed by atoms with E-state index in [1.807, 2.05) is 45.9 Å². The fourth-order valence-corrected chi connectivity index (χ4v) is 3.06. The van der Waals surface area contributed by atoms with Gasteiger partial charge in [-0.3, -0.25) is 4.79 Å². The summed E-state index contributed by atoms with van der Waals surface area (Å²) in [4.78, 5) is 14.6. The average Bonchev–Trinajstić information content (AvgIpc) is 2.65. The Labute approximate surface area is 137 Å². The van der Waals surface area contributed by atoms with Gasteiger partial charge in [0.2, 0.25) is 0 Å². The molecule has 2 rings (SSSR count). The van der Waals surface area contributed by atoms with Crippen LogP contribution in [0.3, 0.4) is 0 Å². The van der Waals surface area contributed by atoms with E-state index < -0.39 is 11.8 Å². The number of aliphatic hydroxyl groups is 1. The molecule has 0 atom stereocenters. The van der Waals surface area contributed by atoms with Gasteiger partial charge in [0.25, 0.3) is 5.91 Å². The van der Waals surface area contributed by atoms with E-state index in [4.69, 9.17) is 9.47 Å². The summed E-state index contributed by atoms with van der Waals surface area (Å²) < 4.78 is 10.4. The van der Waals surface area contributed by atoms with Crippen molar-refractivity contribution in [2.75, 3.05) is 20.8 Å². The minimum absolute atomic E-state index is 0.0888. The Morgan fingerprint density at radius 2 is 1.70 bits per heavy atom. The smallest absolute Gasteiger partial charge is 0.258 e. The lowest BCUT2D eigenvalue weighted by Gasteiger charge is -2.34. The van der Waals surface area contributed by atoms with E-state index in [-0.39, 0.29) is 18.2 Å². The van der Waals surface area contributed by atoms with E-state index in [1.165, 1.54) is 14.2 Å². The molecule has 1 aliphatic heterocycles. The van der Waals surface area contributed by atoms with Crippen LogP contribution in [0.1, 0.15) is 30.5 Å². The largest absolute Gasteiger partial charge is 0.509 e. The van der Waals surface area contributed by atoms with Gasteiger partial charge in [0.05, 0.1) is 17.7 Å². The van der Waals surface area contributed by atoms with Gasteiger partial charge >= 0.3 is 0 Å². The first-order valence-corrected chi connectivity index (χ1v) is 7.63. The van der Waals surface area contributed by atoms with Crippen LogP contribution in [0.25, 0.3) is 5.57 Å². The molecule has 23 heavy (non-hydrogen) atoms. The number of ether oxygens (including phenoxy) is 2. The molecule has 1 aliphatic rings. The maximum absolute atomic E-state index is 13.0. The first kappa shape index (κ1) is 17.5. The van der Waals surface area contributed by atoms with E-state index in [2.05, 4.69) is 0 Å². The summed E-state index contributed by atoms with van der Waals surface area (Å²) in [5.41, 5.74) is 2.30. The highest BCUT2D eigenvalue weighted by molar-refractivity contribution is 6.23. The van der Waals surface area contributed by atoms with Gasteiger partial charge in [-0.2, -0.15) is 0 Å². The Bertz CT molecular complexity index is 624. The summed E-state index contributed by atoms with van der Waals surface area (Å²) in [6.45, 7) is 7.78. The number of hydrogen-bond donors (Lipinski definition) is 1. The van der Waals surface area contributed by atoms with E-state index >= 15 is 0 Å². The van der Waals surface area contributed by atoms with Crippen molar-refractivity contribution in [2.24, 2.45) is 0 Å². The summed E-state index contributed by atoms with van der Waals surface area (Å²) in [6.07, 6.45) is -0.539. The number of methoxy groups -OCH3 is 2. The summed E-state index contributed by atoms with van der Waals surface area (Å²) in [7, 11) is 3.06. The Balaban J connectivity index is 2.50. The number of rotatable bonds is 5. The number of aliphatic hydroxyl groups excluding tert-OH is 1. The SMILES string of the molecule is COC(CN1C(=O)C(c2c(C)cccc2C)=C(O)C1(C)C)OC. The number of aryl methyl sites for hydroxylation is 2. The minimum atomic E-state index is -0.809. The summed E-state index contributed by atoms with van der Waals surface area (Å²) in [6, 6.07) is 5.83. The van der Waals surface area contributed by atoms with Crippen LogP contribution in [-0.4, -0.2) is 48.5 Å². The van der Waals surface area contributed by atoms with Crippen molar-refractivity contribution >= 4 is 11.5 Å². The molecule has 5 heteroatoms. The number of amides is 1. The van der Waals surface area contributed by atoms with Gasteiger partial charge in [-0.05, 0) is 44.4 Å². The number of benzene rings is 1. The standard InChI is InChI=1S/C18H25NO4/c1-11-8-7-9-12(2)14(11)15-16(20)18(3,4)19(17(15)21)10-13(22-5)23-6/h7-9,13,20H,10H2,1-6H3. The molecule has 1 aromatic carbocycles. The third kappa shape index (κ3) is 2.86. The van der Waals surface area contributed by atoms with E-state index in [1.54, 1.807) is 4.90 Å². The van der Waals surface area contributed by atoms with Crippen molar-refractivity contribution in [1.82, 2.24) is 4.90 Å². The molecule has 1 amide bonds. The Morgan fingerprint density at radius 1 is 1.17 bits per heavy atom. The second-order valence-corrected chi connectivity index (χ2v) is 6.37. The van der Waals surface area contributed by atoms with Gasteiger partial charge in [-0.15, -0.1) is 0 Å². The first-order chi connectivity index (χ1) is 10.8. The molecule has 0 unspecified atom stereocenters. The zero-order valence-corrected chi connectivity index (χ0v) is 14.6. The lowest BCUT2D eigenvalue weighted by atomic mass is 9.93. The molecule has 0 spiro atoms. The third-order valence-electron chi connectivity index (χ3n) is 4.54. The zero-order chi connectivity index (χ0) is 17.4. The predicted molar refractivity (Wildman–Crippen MR) is 89.1 cm³/mol. The Kier molecular flexibility index (Phi) is 4.82. The highest BCUT2D eigenvalue weighted by Gasteiger charge is 2.47. The van der Waals surface area contributed by atoms with E-state index in [0.29, 0.717) is 5.57 Å². The molecule has 0 saturated carbocycles. The average molecular weight is 319 g/mol. The highest BCUT2D eigenvalue weighted by atomic mass is 16.7. The molecule has 1 N–H and O–H groups in total. The van der Waals surface area contributed by atoms with Gasteiger partial charge < -0.3 is 19.5 Å². The van der Waals surface area contributed by atoms with Crippen LogP contribution in [0.5, 0.6) is 0 Å². The van der Waals surface area contributed by atoms with Crippen molar-refractivity contribution in [3.8, 4) is 0 Å². The molecule has 0 saturated heterocycles. The van der Waals surface area contributed by atoms with E-state index in [9.17, 15) is 9.90 Å². The quantitative estimate of drug-likeness (QED) is 0.848. The molecule has 126 valence electrons. The topological polar surface area (TPSA) is 59.0 Å². The minimum Gasteiger partial charge on any atom is -0.509 e. The predicted octanol–water partition coefficient (Wildman–Crippen LogP) is 2.81. The first-order valence-electron chi connectivity index (χ1n) is 7.63. The molecular formula is C18H25NO4. The molecule has 0 bridgehead atoms. The number of carbonyl (C=O) groups is 1. The summed E-state index contributed by atoms with van der Waals surface area (Å²) in [5, 5.41) is 10.8. The summed E-state index contributed by atoms with van der Waals surface area (Å²) >= 11 is 0. The highest BCUT2D eigenvalue weighted by Crippen LogP contribution is 2.40. The van der Waals surface area contributed by atoms with Crippen LogP contribution in [0.2, 0.25) is 0 Å². The van der Waals surface area contributed by atoms with Crippen LogP contribution < -0.4 is 0 Å². The van der Waals surface area contributed by atoms with Gasteiger partial charge in [-0.25, -0.2) is 0 Å². The van der Waals surface area contributed by atoms with Crippen LogP contribution in [0.15, 0.2) is 24.0 Å². The molecule has 0 radical (unpaired) electrons. The third-order valence-corrected chi connectivity index (χ3v) is 4.54. The van der Waals surface area contributed by atoms with Crippen LogP contribution >= 0.6 is 0 Å². The van der Waals surface area contributed by atoms with E-state index in [0.717, 1.165) is 16.7 Å². The molecule has 0 aromatic heterocycles. The van der Waals surface area contributed by atoms with Crippen molar-refractivity contribution < 1.29 is 19.4 Å². The van der Waals surface area contributed by atoms with Crippen LogP contribution in [0, 0.1) is 13.8 Å². The normalized spacial score (nSPS) is 17.5. The second-order valence-electron chi connectivity index (χ2n) is 6.37. The van der Waals surface area contributed by atoms with Crippen molar-refractivity contribution in [2.45, 2.75) is 39.5 Å². The molecular weight excluding hydrogens is 294 g/mol. The monoisotopic (exact) mass is 319 g/mol. The van der Waals surface area contributed by atoms with Crippen molar-refractivity contribution in [3.05, 3.63) is 40.6 Å². The van der Waals surface area contributed by atoms with Gasteiger partial charge in [0, 0.05) is 14.2 Å². The Morgan fingerprint density at radius 3 is 2.17 bits per heavy atom.